The van der Waals surface area contributed by atoms with Gasteiger partial charge in [0.1, 0.15) is 6.10 Å². The molecule has 1 saturated heterocycles. The second kappa shape index (κ2) is 16.9. The van der Waals surface area contributed by atoms with Crippen LogP contribution in [0.2, 0.25) is 0 Å². The summed E-state index contributed by atoms with van der Waals surface area (Å²) in [5.41, 5.74) is 0. The molecule has 0 bridgehead atoms. The molecule has 1 rings (SSSR count). The zero-order chi connectivity index (χ0) is 16.0. The molecule has 1 atom stereocenters. The van der Waals surface area contributed by atoms with Crippen LogP contribution in [0.1, 0.15) is 78.1 Å². The molecule has 1 fully saturated rings. The van der Waals surface area contributed by atoms with Gasteiger partial charge in [-0.1, -0.05) is 78.1 Å². The van der Waals surface area contributed by atoms with Crippen molar-refractivity contribution in [1.82, 2.24) is 0 Å². The second-order valence-corrected chi connectivity index (χ2v) is 6.81. The van der Waals surface area contributed by atoms with Gasteiger partial charge in [-0.25, -0.2) is 4.57 Å². The Morgan fingerprint density at radius 2 is 1.32 bits per heavy atom. The maximum atomic E-state index is 9.98. The Hall–Kier alpha value is 1.07. The van der Waals surface area contributed by atoms with Crippen LogP contribution < -0.4 is 0 Å². The number of ether oxygens (including phenoxy) is 1. The van der Waals surface area contributed by atoms with Gasteiger partial charge in [-0.15, -0.1) is 0 Å². The number of unbranched alkanes of at least 4 members (excludes halogenated alkanes) is 9. The van der Waals surface area contributed by atoms with Gasteiger partial charge in [-0.05, 0) is 0 Å². The number of phosphoric acid groups is 1. The molecule has 22 heavy (non-hydrogen) atoms. The van der Waals surface area contributed by atoms with Gasteiger partial charge in [0.2, 0.25) is 0 Å². The third-order valence-electron chi connectivity index (χ3n) is 3.29. The van der Waals surface area contributed by atoms with Crippen molar-refractivity contribution in [1.29, 1.82) is 0 Å². The van der Waals surface area contributed by atoms with Gasteiger partial charge in [0, 0.05) is 0 Å². The first-order valence-corrected chi connectivity index (χ1v) is 9.84. The van der Waals surface area contributed by atoms with Gasteiger partial charge in [-0.3, -0.25) is 4.52 Å². The van der Waals surface area contributed by atoms with Crippen LogP contribution in [0.25, 0.3) is 0 Å². The second-order valence-electron chi connectivity index (χ2n) is 5.57. The van der Waals surface area contributed by atoms with E-state index in [0.717, 1.165) is 0 Å². The molecule has 0 radical (unpaired) electrons. The first-order valence-electron chi connectivity index (χ1n) is 8.31. The predicted molar refractivity (Wildman–Crippen MR) is 92.4 cm³/mol. The molecular weight excluding hydrogens is 314 g/mol. The van der Waals surface area contributed by atoms with E-state index in [1.807, 2.05) is 0 Å². The van der Waals surface area contributed by atoms with Gasteiger partial charge < -0.3 is 14.5 Å². The number of hydrogen-bond donors (Lipinski definition) is 2. The molecule has 1 heterocycles. The summed E-state index contributed by atoms with van der Waals surface area (Å²) in [6.45, 7) is 5.09. The molecule has 0 amide bonds. The van der Waals surface area contributed by atoms with E-state index in [1.54, 1.807) is 0 Å². The van der Waals surface area contributed by atoms with E-state index < -0.39 is 7.82 Å². The normalized spacial score (nSPS) is 16.5. The van der Waals surface area contributed by atoms with Crippen LogP contribution in [-0.2, 0) is 13.8 Å². The summed E-state index contributed by atoms with van der Waals surface area (Å²) in [7, 11) is -4.26. The van der Waals surface area contributed by atoms with Crippen molar-refractivity contribution in [3.63, 3.8) is 0 Å². The average Bonchev–Trinajstić information content (AvgIpc) is 3.24. The van der Waals surface area contributed by atoms with Crippen molar-refractivity contribution < 1.29 is 23.6 Å². The first-order chi connectivity index (χ1) is 9.99. The van der Waals surface area contributed by atoms with Crippen molar-refractivity contribution >= 4 is 37.4 Å². The third-order valence-corrected chi connectivity index (χ3v) is 3.77. The molecule has 1 aliphatic heterocycles. The molecule has 0 aromatic carbocycles. The van der Waals surface area contributed by atoms with Crippen molar-refractivity contribution in [3.8, 4) is 0 Å². The summed E-state index contributed by atoms with van der Waals surface area (Å²) in [4.78, 5) is 16.3. The van der Waals surface area contributed by atoms with Crippen molar-refractivity contribution in [2.75, 3.05) is 13.2 Å². The van der Waals surface area contributed by atoms with Gasteiger partial charge >= 0.3 is 37.4 Å². The summed E-state index contributed by atoms with van der Waals surface area (Å²) < 4.78 is 18.7. The predicted octanol–water partition coefficient (Wildman–Crippen LogP) is 3.77. The number of phosphoric ester groups is 1. The van der Waals surface area contributed by atoms with E-state index in [4.69, 9.17) is 9.79 Å². The molecule has 0 aromatic heterocycles. The molecule has 0 saturated carbocycles. The Balaban J connectivity index is 0. The summed E-state index contributed by atoms with van der Waals surface area (Å²) >= 11 is 0. The van der Waals surface area contributed by atoms with E-state index in [2.05, 4.69) is 23.1 Å². The molecule has 130 valence electrons. The van der Waals surface area contributed by atoms with Crippen molar-refractivity contribution in [2.45, 2.75) is 84.2 Å². The van der Waals surface area contributed by atoms with Gasteiger partial charge in [0.15, 0.2) is 0 Å². The Labute approximate surface area is 158 Å². The molecular formula is C15H34NaO5P. The number of epoxide rings is 1. The van der Waals surface area contributed by atoms with E-state index in [-0.39, 0.29) is 42.3 Å². The van der Waals surface area contributed by atoms with Crippen LogP contribution in [0, 0.1) is 0 Å². The molecule has 0 aromatic rings. The minimum absolute atomic E-state index is 0. The van der Waals surface area contributed by atoms with Crippen molar-refractivity contribution in [2.24, 2.45) is 0 Å². The van der Waals surface area contributed by atoms with Gasteiger partial charge in [0.05, 0.1) is 13.2 Å². The molecule has 5 nitrogen and oxygen atoms in total. The zero-order valence-corrected chi connectivity index (χ0v) is 14.5. The standard InChI is InChI=1S/C12H26.C3H7O5P.Na.H/c1-3-5-7-9-11-12-10-8-6-4-2;4-9(5,6)8-2-3-1-7-3;;/h3-12H2,1-2H3;3H,1-2H2,(H2,4,5,6);;. The first kappa shape index (κ1) is 25.3. The summed E-state index contributed by atoms with van der Waals surface area (Å²) in [5.74, 6) is 0. The number of hydrogen-bond acceptors (Lipinski definition) is 3. The number of rotatable bonds is 12. The van der Waals surface area contributed by atoms with Crippen molar-refractivity contribution in [3.05, 3.63) is 0 Å². The van der Waals surface area contributed by atoms with E-state index >= 15 is 0 Å². The van der Waals surface area contributed by atoms with Crippen LogP contribution >= 0.6 is 7.82 Å². The minimum atomic E-state index is -4.26. The SMILES string of the molecule is CCCCCCCCCCCC.O=P(O)(O)OCC1CO1.[NaH]. The topological polar surface area (TPSA) is 79.3 Å². The van der Waals surface area contributed by atoms with Crippen LogP contribution in [-0.4, -0.2) is 58.7 Å². The maximum absolute atomic E-state index is 9.98. The van der Waals surface area contributed by atoms with Crippen LogP contribution in [0.4, 0.5) is 0 Å². The third kappa shape index (κ3) is 23.3. The van der Waals surface area contributed by atoms with E-state index in [1.165, 1.54) is 64.2 Å². The zero-order valence-electron chi connectivity index (χ0n) is 13.6. The fourth-order valence-corrected chi connectivity index (χ4v) is 2.27. The molecule has 0 spiro atoms. The molecule has 2 N–H and O–H groups in total. The fraction of sp³-hybridized carbons (Fsp3) is 1.00. The Kier molecular flexibility index (Phi) is 19.5. The van der Waals surface area contributed by atoms with Gasteiger partial charge in [-0.2, -0.15) is 0 Å². The van der Waals surface area contributed by atoms with E-state index in [0.29, 0.717) is 6.61 Å². The molecule has 1 unspecified atom stereocenters. The molecule has 0 aliphatic carbocycles. The Morgan fingerprint density at radius 1 is 0.955 bits per heavy atom. The van der Waals surface area contributed by atoms with Gasteiger partial charge in [0.25, 0.3) is 0 Å². The fourth-order valence-electron chi connectivity index (χ4n) is 1.91. The summed E-state index contributed by atoms with van der Waals surface area (Å²) in [6, 6.07) is 0. The average molecular weight is 348 g/mol. The monoisotopic (exact) mass is 348 g/mol. The summed E-state index contributed by atoms with van der Waals surface area (Å²) in [5, 5.41) is 0. The molecule has 7 heteroatoms. The Morgan fingerprint density at radius 3 is 1.59 bits per heavy atom. The quantitative estimate of drug-likeness (QED) is 0.243. The van der Waals surface area contributed by atoms with Crippen LogP contribution in [0.15, 0.2) is 0 Å². The van der Waals surface area contributed by atoms with E-state index in [9.17, 15) is 4.57 Å². The van der Waals surface area contributed by atoms with Crippen LogP contribution in [0.3, 0.4) is 0 Å². The summed E-state index contributed by atoms with van der Waals surface area (Å²) in [6.07, 6.45) is 14.3. The van der Waals surface area contributed by atoms with Crippen LogP contribution in [0.5, 0.6) is 0 Å². The molecule has 1 aliphatic rings. The Bertz CT molecular complexity index is 259.